The van der Waals surface area contributed by atoms with E-state index in [0.29, 0.717) is 12.4 Å². The first kappa shape index (κ1) is 21.3. The van der Waals surface area contributed by atoms with Gasteiger partial charge in [-0.2, -0.15) is 0 Å². The van der Waals surface area contributed by atoms with Gasteiger partial charge in [0.05, 0.1) is 22.8 Å². The number of hydrogen-bond donors (Lipinski definition) is 1. The van der Waals surface area contributed by atoms with Gasteiger partial charge >= 0.3 is 0 Å². The van der Waals surface area contributed by atoms with Crippen molar-refractivity contribution < 1.29 is 4.74 Å². The van der Waals surface area contributed by atoms with E-state index >= 15 is 0 Å². The molecule has 5 aromatic rings. The second-order valence-electron chi connectivity index (χ2n) is 8.88. The standard InChI is InChI=1S/C27H27N7O/c1-2-19-12-25(33-8-3-4-9-33)22-6-5-21(13-24(22)32-19)35-16-18-11-20(15-29-14-18)34-10-7-23-26(28)30-17-31-27(23)34/h5-7,10-15,17H,2-4,8-9,16H2,1H3,(H2,28,30,31). The molecule has 0 aliphatic carbocycles. The molecule has 0 spiro atoms. The molecular weight excluding hydrogens is 438 g/mol. The lowest BCUT2D eigenvalue weighted by molar-refractivity contribution is 0.306. The summed E-state index contributed by atoms with van der Waals surface area (Å²) >= 11 is 0. The second kappa shape index (κ2) is 8.87. The van der Waals surface area contributed by atoms with E-state index in [9.17, 15) is 0 Å². The Hall–Kier alpha value is -4.20. The smallest absolute Gasteiger partial charge is 0.150 e. The lowest BCUT2D eigenvalue weighted by Crippen LogP contribution is -2.18. The quantitative estimate of drug-likeness (QED) is 0.389. The maximum atomic E-state index is 6.17. The van der Waals surface area contributed by atoms with Crippen molar-refractivity contribution in [1.82, 2.24) is 24.5 Å². The summed E-state index contributed by atoms with van der Waals surface area (Å²) in [5, 5.41) is 2.00. The van der Waals surface area contributed by atoms with Crippen LogP contribution in [0, 0.1) is 0 Å². The number of ether oxygens (including phenoxy) is 1. The van der Waals surface area contributed by atoms with Crippen molar-refractivity contribution in [3.8, 4) is 11.4 Å². The molecule has 8 nitrogen and oxygen atoms in total. The van der Waals surface area contributed by atoms with Gasteiger partial charge in [-0.1, -0.05) is 6.92 Å². The van der Waals surface area contributed by atoms with Crippen molar-refractivity contribution >= 4 is 33.4 Å². The van der Waals surface area contributed by atoms with Crippen LogP contribution in [0.4, 0.5) is 11.5 Å². The van der Waals surface area contributed by atoms with E-state index in [-0.39, 0.29) is 0 Å². The first-order chi connectivity index (χ1) is 17.2. The lowest BCUT2D eigenvalue weighted by atomic mass is 10.1. The van der Waals surface area contributed by atoms with Crippen LogP contribution in [0.5, 0.6) is 5.75 Å². The van der Waals surface area contributed by atoms with E-state index in [0.717, 1.165) is 58.8 Å². The molecule has 5 heterocycles. The third-order valence-electron chi connectivity index (χ3n) is 6.60. The molecule has 0 amide bonds. The lowest BCUT2D eigenvalue weighted by Gasteiger charge is -2.21. The molecule has 35 heavy (non-hydrogen) atoms. The van der Waals surface area contributed by atoms with Gasteiger partial charge < -0.3 is 15.4 Å². The Labute approximate surface area is 203 Å². The van der Waals surface area contributed by atoms with E-state index in [1.807, 2.05) is 41.2 Å². The first-order valence-corrected chi connectivity index (χ1v) is 12.0. The topological polar surface area (TPSA) is 95.0 Å². The molecule has 4 aromatic heterocycles. The van der Waals surface area contributed by atoms with E-state index in [1.165, 1.54) is 30.2 Å². The van der Waals surface area contributed by atoms with E-state index in [4.69, 9.17) is 15.5 Å². The van der Waals surface area contributed by atoms with Gasteiger partial charge in [-0.15, -0.1) is 0 Å². The molecule has 0 atom stereocenters. The Bertz CT molecular complexity index is 1520. The predicted octanol–water partition coefficient (Wildman–Crippen LogP) is 4.69. The third kappa shape index (κ3) is 4.01. The summed E-state index contributed by atoms with van der Waals surface area (Å²) in [4.78, 5) is 20.2. The maximum Gasteiger partial charge on any atom is 0.150 e. The molecule has 6 rings (SSSR count). The van der Waals surface area contributed by atoms with Gasteiger partial charge in [-0.05, 0) is 49.6 Å². The van der Waals surface area contributed by atoms with Crippen molar-refractivity contribution in [2.75, 3.05) is 23.7 Å². The zero-order valence-electron chi connectivity index (χ0n) is 19.7. The summed E-state index contributed by atoms with van der Waals surface area (Å²) in [5.41, 5.74) is 12.0. The number of nitrogens with two attached hydrogens (primary N) is 1. The van der Waals surface area contributed by atoms with Crippen LogP contribution in [0.1, 0.15) is 31.0 Å². The van der Waals surface area contributed by atoms with Crippen molar-refractivity contribution in [2.45, 2.75) is 32.8 Å². The first-order valence-electron chi connectivity index (χ1n) is 12.0. The summed E-state index contributed by atoms with van der Waals surface area (Å²) in [6, 6.07) is 12.4. The zero-order chi connectivity index (χ0) is 23.8. The van der Waals surface area contributed by atoms with Gasteiger partial charge in [-0.3, -0.25) is 14.5 Å². The summed E-state index contributed by atoms with van der Waals surface area (Å²) < 4.78 is 8.12. The van der Waals surface area contributed by atoms with Gasteiger partial charge in [-0.25, -0.2) is 9.97 Å². The molecule has 2 N–H and O–H groups in total. The minimum atomic E-state index is 0.398. The van der Waals surface area contributed by atoms with Gasteiger partial charge in [0.25, 0.3) is 0 Å². The fourth-order valence-electron chi connectivity index (χ4n) is 4.76. The van der Waals surface area contributed by atoms with Crippen LogP contribution >= 0.6 is 0 Å². The molecule has 0 saturated carbocycles. The molecular formula is C27H27N7O. The van der Waals surface area contributed by atoms with Crippen molar-refractivity contribution in [3.63, 3.8) is 0 Å². The van der Waals surface area contributed by atoms with Crippen molar-refractivity contribution in [2.24, 2.45) is 0 Å². The number of anilines is 2. The molecule has 0 radical (unpaired) electrons. The summed E-state index contributed by atoms with van der Waals surface area (Å²) in [5.74, 6) is 1.26. The van der Waals surface area contributed by atoms with Crippen LogP contribution < -0.4 is 15.4 Å². The average molecular weight is 466 g/mol. The molecule has 1 fully saturated rings. The van der Waals surface area contributed by atoms with Crippen LogP contribution in [-0.2, 0) is 13.0 Å². The predicted molar refractivity (Wildman–Crippen MR) is 138 cm³/mol. The molecule has 8 heteroatoms. The number of nitrogen functional groups attached to an aromatic ring is 1. The van der Waals surface area contributed by atoms with Crippen LogP contribution in [0.25, 0.3) is 27.6 Å². The number of pyridine rings is 2. The Morgan fingerprint density at radius 3 is 2.74 bits per heavy atom. The number of nitrogens with zero attached hydrogens (tertiary/aromatic N) is 6. The minimum Gasteiger partial charge on any atom is -0.489 e. The highest BCUT2D eigenvalue weighted by molar-refractivity contribution is 5.93. The number of benzene rings is 1. The fourth-order valence-corrected chi connectivity index (χ4v) is 4.76. The van der Waals surface area contributed by atoms with Crippen LogP contribution in [0.2, 0.25) is 0 Å². The van der Waals surface area contributed by atoms with Crippen LogP contribution in [0.15, 0.2) is 61.3 Å². The summed E-state index contributed by atoms with van der Waals surface area (Å²) in [6.07, 6.45) is 10.4. The van der Waals surface area contributed by atoms with Crippen LogP contribution in [0.3, 0.4) is 0 Å². The highest BCUT2D eigenvalue weighted by Gasteiger charge is 2.17. The number of rotatable bonds is 6. The van der Waals surface area contributed by atoms with Gasteiger partial charge in [0.15, 0.2) is 0 Å². The van der Waals surface area contributed by atoms with E-state index in [2.05, 4.69) is 38.9 Å². The largest absolute Gasteiger partial charge is 0.489 e. The molecule has 1 aliphatic heterocycles. The summed E-state index contributed by atoms with van der Waals surface area (Å²) in [7, 11) is 0. The van der Waals surface area contributed by atoms with Crippen molar-refractivity contribution in [1.29, 1.82) is 0 Å². The van der Waals surface area contributed by atoms with Gasteiger partial charge in [0, 0.05) is 53.9 Å². The van der Waals surface area contributed by atoms with Crippen molar-refractivity contribution in [3.05, 3.63) is 72.6 Å². The maximum absolute atomic E-state index is 6.17. The molecule has 0 unspecified atom stereocenters. The number of aromatic nitrogens is 5. The third-order valence-corrected chi connectivity index (χ3v) is 6.60. The highest BCUT2D eigenvalue weighted by atomic mass is 16.5. The van der Waals surface area contributed by atoms with E-state index < -0.39 is 0 Å². The van der Waals surface area contributed by atoms with E-state index in [1.54, 1.807) is 6.20 Å². The Morgan fingerprint density at radius 2 is 1.89 bits per heavy atom. The molecule has 1 aromatic carbocycles. The zero-order valence-corrected chi connectivity index (χ0v) is 19.7. The SMILES string of the molecule is CCc1cc(N2CCCC2)c2ccc(OCc3cncc(-n4ccc5c(N)ncnc54)c3)cc2n1. The molecule has 176 valence electrons. The number of aryl methyl sites for hydroxylation is 1. The molecule has 0 bridgehead atoms. The van der Waals surface area contributed by atoms with Gasteiger partial charge in [0.2, 0.25) is 0 Å². The molecule has 1 saturated heterocycles. The Balaban J connectivity index is 1.26. The number of hydrogen-bond acceptors (Lipinski definition) is 7. The van der Waals surface area contributed by atoms with Crippen LogP contribution in [-0.4, -0.2) is 37.6 Å². The second-order valence-corrected chi connectivity index (χ2v) is 8.88. The monoisotopic (exact) mass is 465 g/mol. The highest BCUT2D eigenvalue weighted by Crippen LogP contribution is 2.32. The minimum absolute atomic E-state index is 0.398. The Kier molecular flexibility index (Phi) is 5.41. The average Bonchev–Trinajstić information content (AvgIpc) is 3.58. The molecule has 1 aliphatic rings. The van der Waals surface area contributed by atoms with Gasteiger partial charge in [0.1, 0.15) is 30.1 Å². The fraction of sp³-hybridized carbons (Fsp3) is 0.259. The Morgan fingerprint density at radius 1 is 1.00 bits per heavy atom. The normalized spacial score (nSPS) is 13.7. The summed E-state index contributed by atoms with van der Waals surface area (Å²) in [6.45, 7) is 4.77. The number of fused-ring (bicyclic) bond motifs is 2.